The quantitative estimate of drug-likeness (QED) is 0.536. The minimum atomic E-state index is -2.13. The van der Waals surface area contributed by atoms with Gasteiger partial charge in [0.1, 0.15) is 0 Å². The second-order valence-corrected chi connectivity index (χ2v) is 21.1. The van der Waals surface area contributed by atoms with Crippen LogP contribution < -0.4 is 24.8 Å². The Kier molecular flexibility index (Phi) is 8.87. The van der Waals surface area contributed by atoms with E-state index in [2.05, 4.69) is 87.6 Å². The van der Waals surface area contributed by atoms with Crippen LogP contribution in [0.25, 0.3) is 11.1 Å². The molecule has 0 radical (unpaired) electrons. The summed E-state index contributed by atoms with van der Waals surface area (Å²) in [6.07, 6.45) is 5.96. The summed E-state index contributed by atoms with van der Waals surface area (Å²) in [5.41, 5.74) is 6.00. The molecule has 0 unspecified atom stereocenters. The first kappa shape index (κ1) is 25.7. The van der Waals surface area contributed by atoms with Crippen LogP contribution in [0.15, 0.2) is 69.2 Å². The van der Waals surface area contributed by atoms with E-state index in [9.17, 15) is 5.11 Å². The van der Waals surface area contributed by atoms with E-state index in [1.807, 2.05) is 0 Å². The molecule has 2 aromatic rings. The molecular weight excluding hydrogens is 506 g/mol. The summed E-state index contributed by atoms with van der Waals surface area (Å²) in [6, 6.07) is 19.1. The van der Waals surface area contributed by atoms with E-state index >= 15 is 0 Å². The van der Waals surface area contributed by atoms with Crippen LogP contribution in [0.5, 0.6) is 0 Å². The maximum absolute atomic E-state index is 9.67. The van der Waals surface area contributed by atoms with E-state index in [1.165, 1.54) is 11.1 Å². The maximum atomic E-state index is 9.67. The molecule has 1 N–H and O–H groups in total. The molecule has 158 valence electrons. The van der Waals surface area contributed by atoms with Crippen molar-refractivity contribution in [1.29, 1.82) is 0 Å². The van der Waals surface area contributed by atoms with Gasteiger partial charge in [0.05, 0.1) is 0 Å². The van der Waals surface area contributed by atoms with Crippen molar-refractivity contribution < 1.29 is 51.2 Å². The number of rotatable bonds is 5. The first-order chi connectivity index (χ1) is 13.5. The van der Waals surface area contributed by atoms with E-state index < -0.39 is 29.3 Å². The minimum absolute atomic E-state index is 0. The minimum Gasteiger partial charge on any atom is -1.00 e. The predicted octanol–water partition coefficient (Wildman–Crippen LogP) is 0.0487. The van der Waals surface area contributed by atoms with Crippen LogP contribution in [0, 0.1) is 0 Å². The van der Waals surface area contributed by atoms with Crippen LogP contribution in [0.4, 0.5) is 0 Å². The van der Waals surface area contributed by atoms with Crippen LogP contribution >= 0.6 is 0 Å². The Balaban J connectivity index is 0.00000160. The van der Waals surface area contributed by atoms with Crippen molar-refractivity contribution in [2.75, 3.05) is 6.61 Å². The van der Waals surface area contributed by atoms with Crippen molar-refractivity contribution in [3.63, 3.8) is 0 Å². The van der Waals surface area contributed by atoms with E-state index in [0.29, 0.717) is 10.2 Å². The van der Waals surface area contributed by atoms with Crippen molar-refractivity contribution in [2.24, 2.45) is 0 Å². The molecule has 0 spiro atoms. The number of hydrogen-bond acceptors (Lipinski definition) is 1. The zero-order chi connectivity index (χ0) is 19.9. The zero-order valence-corrected chi connectivity index (χ0v) is 23.1. The van der Waals surface area contributed by atoms with Gasteiger partial charge in [0.25, 0.3) is 0 Å². The topological polar surface area (TPSA) is 20.2 Å². The van der Waals surface area contributed by atoms with Gasteiger partial charge in [-0.15, -0.1) is 0 Å². The summed E-state index contributed by atoms with van der Waals surface area (Å²) in [5, 5.41) is 11.3. The van der Waals surface area contributed by atoms with E-state index in [0.717, 1.165) is 12.5 Å². The standard InChI is InChI=1S/C13H9.C9H15OSi.C3H6.2ClH.Zr/c1-3-7-12-10(5-1)9-11-6-2-4-8-13(11)12;1-11(2,8-7-10)9-5-3-4-6-9;1-3-2;;;/h1-9H;3,5,10H,4,7-8H2,1-2H3;1-2H3;2*1H;/q;;;;;+2/p-2. The molecule has 2 aromatic carbocycles. The summed E-state index contributed by atoms with van der Waals surface area (Å²) in [7, 11) is -1.60. The first-order valence-corrected chi connectivity index (χ1v) is 17.4. The van der Waals surface area contributed by atoms with Gasteiger partial charge in [0.2, 0.25) is 0 Å². The monoisotopic (exact) mass is 534 g/mol. The van der Waals surface area contributed by atoms with Gasteiger partial charge in [-0.1, -0.05) is 0 Å². The summed E-state index contributed by atoms with van der Waals surface area (Å²) >= 11 is -2.13. The van der Waals surface area contributed by atoms with Crippen LogP contribution in [0.1, 0.15) is 35.0 Å². The van der Waals surface area contributed by atoms with Gasteiger partial charge < -0.3 is 24.8 Å². The number of aliphatic hydroxyl groups is 1. The second-order valence-electron chi connectivity index (χ2n) is 8.88. The molecule has 30 heavy (non-hydrogen) atoms. The predicted molar refractivity (Wildman–Crippen MR) is 120 cm³/mol. The van der Waals surface area contributed by atoms with Gasteiger partial charge in [-0.05, 0) is 0 Å². The normalized spacial score (nSPS) is 14.4. The van der Waals surface area contributed by atoms with Crippen molar-refractivity contribution in [1.82, 2.24) is 0 Å². The van der Waals surface area contributed by atoms with Crippen molar-refractivity contribution >= 4 is 11.3 Å². The van der Waals surface area contributed by atoms with Gasteiger partial charge in [-0.2, -0.15) is 0 Å². The van der Waals surface area contributed by atoms with Crippen LogP contribution in [0.3, 0.4) is 0 Å². The average molecular weight is 537 g/mol. The van der Waals surface area contributed by atoms with Crippen LogP contribution in [0.2, 0.25) is 19.1 Å². The number of fused-ring (bicyclic) bond motifs is 3. The van der Waals surface area contributed by atoms with E-state index in [4.69, 9.17) is 0 Å². The Morgan fingerprint density at radius 2 is 1.50 bits per heavy atom. The largest absolute Gasteiger partial charge is 1.00 e. The molecular formula is C25H30Cl2OSiZr. The third-order valence-electron chi connectivity index (χ3n) is 6.38. The Morgan fingerprint density at radius 1 is 0.967 bits per heavy atom. The molecule has 0 heterocycles. The maximum Gasteiger partial charge on any atom is -1.00 e. The van der Waals surface area contributed by atoms with Gasteiger partial charge in [-0.25, -0.2) is 0 Å². The van der Waals surface area contributed by atoms with Crippen LogP contribution in [-0.4, -0.2) is 23.0 Å². The number of allylic oxidation sites excluding steroid dienone is 4. The molecule has 2 aliphatic rings. The third-order valence-corrected chi connectivity index (χ3v) is 18.8. The summed E-state index contributed by atoms with van der Waals surface area (Å²) in [5.74, 6) is 0. The van der Waals surface area contributed by atoms with Gasteiger partial charge >= 0.3 is 179 Å². The molecule has 0 atom stereocenters. The van der Waals surface area contributed by atoms with Crippen LogP contribution in [-0.2, 0) is 21.3 Å². The molecule has 1 nitrogen and oxygen atoms in total. The second kappa shape index (κ2) is 10.4. The number of aliphatic hydroxyl groups excluding tert-OH is 1. The van der Waals surface area contributed by atoms with Gasteiger partial charge in [0.15, 0.2) is 0 Å². The Morgan fingerprint density at radius 3 is 2.00 bits per heavy atom. The molecule has 0 saturated heterocycles. The molecule has 5 heteroatoms. The number of benzene rings is 2. The molecule has 0 amide bonds. The first-order valence-electron chi connectivity index (χ1n) is 10.3. The Hall–Kier alpha value is -0.570. The Bertz CT molecular complexity index is 974. The molecule has 4 rings (SSSR count). The fourth-order valence-corrected chi connectivity index (χ4v) is 18.9. The fraction of sp³-hybridized carbons (Fsp3) is 0.320. The smallest absolute Gasteiger partial charge is 1.00 e. The molecule has 0 fully saturated rings. The molecule has 2 aliphatic carbocycles. The van der Waals surface area contributed by atoms with Gasteiger partial charge in [0, 0.05) is 0 Å². The third kappa shape index (κ3) is 4.48. The molecule has 0 bridgehead atoms. The van der Waals surface area contributed by atoms with Crippen molar-refractivity contribution in [3.8, 4) is 11.1 Å². The summed E-state index contributed by atoms with van der Waals surface area (Å²) in [4.78, 5) is 0. The SMILES string of the molecule is C[C](C)=[Zr+2]([C]1=C([Si](C)(C)CCO)C=CC1)[CH]1c2ccccc2-c2ccccc21.[Cl-].[Cl-]. The fourth-order valence-electron chi connectivity index (χ4n) is 5.04. The van der Waals surface area contributed by atoms with E-state index in [-0.39, 0.29) is 24.8 Å². The molecule has 0 aromatic heterocycles. The molecule has 0 aliphatic heterocycles. The van der Waals surface area contributed by atoms with Gasteiger partial charge in [-0.3, -0.25) is 0 Å². The summed E-state index contributed by atoms with van der Waals surface area (Å²) in [6.45, 7) is 9.98. The number of halogens is 2. The van der Waals surface area contributed by atoms with E-state index in [1.54, 1.807) is 22.8 Å². The molecule has 0 saturated carbocycles. The zero-order valence-electron chi connectivity index (χ0n) is 18.2. The summed E-state index contributed by atoms with van der Waals surface area (Å²) < 4.78 is 4.07. The number of hydrogen-bond donors (Lipinski definition) is 1. The Labute approximate surface area is 202 Å². The average Bonchev–Trinajstić information content (AvgIpc) is 3.27. The van der Waals surface area contributed by atoms with Crippen molar-refractivity contribution in [3.05, 3.63) is 80.3 Å². The van der Waals surface area contributed by atoms with Crippen molar-refractivity contribution in [2.45, 2.75) is 43.0 Å².